The Balaban J connectivity index is 1.53. The second-order valence-electron chi connectivity index (χ2n) is 8.15. The van der Waals surface area contributed by atoms with Crippen LogP contribution in [0.4, 0.5) is 5.13 Å². The molecular weight excluding hydrogens is 382 g/mol. The lowest BCUT2D eigenvalue weighted by molar-refractivity contribution is 0.336. The van der Waals surface area contributed by atoms with E-state index in [9.17, 15) is 8.42 Å². The molecule has 0 aliphatic heterocycles. The van der Waals surface area contributed by atoms with E-state index in [-0.39, 0.29) is 0 Å². The maximum Gasteiger partial charge on any atom is 0.216 e. The van der Waals surface area contributed by atoms with Crippen molar-refractivity contribution in [1.29, 1.82) is 0 Å². The number of anilines is 1. The van der Waals surface area contributed by atoms with Gasteiger partial charge in [0.25, 0.3) is 0 Å². The highest BCUT2D eigenvalue weighted by molar-refractivity contribution is 7.90. The first-order chi connectivity index (χ1) is 12.7. The third-order valence-electron chi connectivity index (χ3n) is 5.14. The summed E-state index contributed by atoms with van der Waals surface area (Å²) in [6.45, 7) is 5.71. The summed E-state index contributed by atoms with van der Waals surface area (Å²) in [5.41, 5.74) is 0.901. The summed E-state index contributed by atoms with van der Waals surface area (Å²) in [6, 6.07) is 6.34. The summed E-state index contributed by atoms with van der Waals surface area (Å²) < 4.78 is 32.9. The van der Waals surface area contributed by atoms with E-state index in [2.05, 4.69) is 21.1 Å². The van der Waals surface area contributed by atoms with E-state index in [0.717, 1.165) is 46.8 Å². The van der Waals surface area contributed by atoms with Crippen molar-refractivity contribution in [2.24, 2.45) is 5.92 Å². The lowest BCUT2D eigenvalue weighted by Crippen LogP contribution is -2.42. The molecule has 0 saturated heterocycles. The lowest BCUT2D eigenvalue weighted by atomic mass is 9.86. The van der Waals surface area contributed by atoms with E-state index in [4.69, 9.17) is 4.74 Å². The largest absolute Gasteiger partial charge is 0.494 e. The third kappa shape index (κ3) is 4.73. The monoisotopic (exact) mass is 411 g/mol. The van der Waals surface area contributed by atoms with Crippen LogP contribution in [0.1, 0.15) is 46.5 Å². The maximum absolute atomic E-state index is 12.2. The van der Waals surface area contributed by atoms with Crippen LogP contribution in [0.3, 0.4) is 0 Å². The van der Waals surface area contributed by atoms with Gasteiger partial charge in [0.1, 0.15) is 11.3 Å². The van der Waals surface area contributed by atoms with Gasteiger partial charge in [-0.25, -0.2) is 18.1 Å². The minimum absolute atomic E-state index is 0.382. The minimum Gasteiger partial charge on any atom is -0.494 e. The zero-order chi connectivity index (χ0) is 19.7. The van der Waals surface area contributed by atoms with Crippen molar-refractivity contribution >= 4 is 36.7 Å². The molecule has 27 heavy (non-hydrogen) atoms. The van der Waals surface area contributed by atoms with E-state index in [1.165, 1.54) is 0 Å². The van der Waals surface area contributed by atoms with Crippen LogP contribution in [0.15, 0.2) is 18.2 Å². The van der Waals surface area contributed by atoms with Crippen LogP contribution in [0, 0.1) is 5.92 Å². The van der Waals surface area contributed by atoms with E-state index in [1.54, 1.807) is 39.2 Å². The molecule has 0 atom stereocenters. The van der Waals surface area contributed by atoms with Gasteiger partial charge in [-0.15, -0.1) is 0 Å². The predicted octanol–water partition coefficient (Wildman–Crippen LogP) is 3.99. The molecule has 0 radical (unpaired) electrons. The number of hydrogen-bond donors (Lipinski definition) is 2. The summed E-state index contributed by atoms with van der Waals surface area (Å²) in [5.74, 6) is 1.20. The number of sulfonamides is 1. The second kappa shape index (κ2) is 7.93. The van der Waals surface area contributed by atoms with Gasteiger partial charge in [-0.2, -0.15) is 0 Å². The number of thiazole rings is 1. The zero-order valence-electron chi connectivity index (χ0n) is 16.4. The van der Waals surface area contributed by atoms with E-state index < -0.39 is 14.8 Å². The number of methoxy groups -OCH3 is 1. The molecule has 1 aliphatic rings. The summed E-state index contributed by atoms with van der Waals surface area (Å²) in [4.78, 5) is 4.68. The molecule has 1 saturated carbocycles. The molecule has 3 rings (SSSR count). The lowest BCUT2D eigenvalue weighted by Gasteiger charge is -2.30. The van der Waals surface area contributed by atoms with Gasteiger partial charge >= 0.3 is 0 Å². The fourth-order valence-corrected chi connectivity index (χ4v) is 5.13. The highest BCUT2D eigenvalue weighted by Crippen LogP contribution is 2.34. The highest BCUT2D eigenvalue weighted by Gasteiger charge is 2.30. The highest BCUT2D eigenvalue weighted by atomic mass is 32.2. The molecule has 0 unspecified atom stereocenters. The molecular formula is C19H29N3O3S2. The summed E-state index contributed by atoms with van der Waals surface area (Å²) in [7, 11) is -1.60. The molecule has 1 aliphatic carbocycles. The minimum atomic E-state index is -3.27. The van der Waals surface area contributed by atoms with Gasteiger partial charge in [0, 0.05) is 12.6 Å². The molecule has 2 aromatic rings. The maximum atomic E-state index is 12.2. The van der Waals surface area contributed by atoms with Gasteiger partial charge in [0.2, 0.25) is 10.0 Å². The quantitative estimate of drug-likeness (QED) is 0.751. The zero-order valence-corrected chi connectivity index (χ0v) is 18.0. The van der Waals surface area contributed by atoms with Crippen molar-refractivity contribution < 1.29 is 13.2 Å². The first kappa shape index (κ1) is 20.4. The Morgan fingerprint density at radius 1 is 1.22 bits per heavy atom. The number of fused-ring (bicyclic) bond motifs is 1. The Bertz CT molecular complexity index is 879. The van der Waals surface area contributed by atoms with Crippen molar-refractivity contribution in [1.82, 2.24) is 9.71 Å². The number of para-hydroxylation sites is 1. The van der Waals surface area contributed by atoms with Crippen molar-refractivity contribution in [3.05, 3.63) is 18.2 Å². The Hall–Kier alpha value is -1.38. The standard InChI is InChI=1S/C19H29N3O3S2/c1-19(2,3)27(23,24)20-12-13-8-10-14(11-9-13)21-18-22-17-15(25-4)6-5-7-16(17)26-18/h5-7,13-14,20H,8-12H2,1-4H3,(H,21,22)/t13-,14-. The molecule has 8 heteroatoms. The summed E-state index contributed by atoms with van der Waals surface area (Å²) in [5, 5.41) is 4.47. The Kier molecular flexibility index (Phi) is 5.98. The van der Waals surface area contributed by atoms with Crippen molar-refractivity contribution in [3.8, 4) is 5.75 Å². The molecule has 0 bridgehead atoms. The van der Waals surface area contributed by atoms with Gasteiger partial charge in [-0.05, 0) is 64.5 Å². The summed E-state index contributed by atoms with van der Waals surface area (Å²) >= 11 is 1.64. The number of aromatic nitrogens is 1. The van der Waals surface area contributed by atoms with E-state index in [1.807, 2.05) is 12.1 Å². The molecule has 150 valence electrons. The molecule has 1 aromatic heterocycles. The van der Waals surface area contributed by atoms with E-state index >= 15 is 0 Å². The third-order valence-corrected chi connectivity index (χ3v) is 8.26. The Morgan fingerprint density at radius 3 is 2.56 bits per heavy atom. The number of rotatable bonds is 6. The van der Waals surface area contributed by atoms with Crippen molar-refractivity contribution in [2.75, 3.05) is 19.0 Å². The first-order valence-corrected chi connectivity index (χ1v) is 11.7. The average molecular weight is 412 g/mol. The fourth-order valence-electron chi connectivity index (χ4n) is 3.28. The number of nitrogens with zero attached hydrogens (tertiary/aromatic N) is 1. The van der Waals surface area contributed by atoms with Crippen LogP contribution in [-0.4, -0.2) is 37.8 Å². The number of benzene rings is 1. The molecule has 6 nitrogen and oxygen atoms in total. The fraction of sp³-hybridized carbons (Fsp3) is 0.632. The van der Waals surface area contributed by atoms with Gasteiger partial charge in [-0.3, -0.25) is 0 Å². The average Bonchev–Trinajstić information content (AvgIpc) is 3.02. The molecule has 1 aromatic carbocycles. The van der Waals surface area contributed by atoms with Gasteiger partial charge in [0.05, 0.1) is 16.6 Å². The van der Waals surface area contributed by atoms with Crippen LogP contribution in [0.5, 0.6) is 5.75 Å². The predicted molar refractivity (Wildman–Crippen MR) is 112 cm³/mol. The van der Waals surface area contributed by atoms with Gasteiger partial charge < -0.3 is 10.1 Å². The van der Waals surface area contributed by atoms with Crippen LogP contribution >= 0.6 is 11.3 Å². The van der Waals surface area contributed by atoms with Gasteiger partial charge in [-0.1, -0.05) is 17.4 Å². The molecule has 1 fully saturated rings. The normalized spacial score (nSPS) is 21.3. The topological polar surface area (TPSA) is 80.3 Å². The molecule has 1 heterocycles. The van der Waals surface area contributed by atoms with Crippen LogP contribution < -0.4 is 14.8 Å². The molecule has 0 spiro atoms. The number of ether oxygens (including phenoxy) is 1. The van der Waals surface area contributed by atoms with E-state index in [0.29, 0.717) is 18.5 Å². The second-order valence-corrected chi connectivity index (χ2v) is 11.7. The Labute approximate surface area is 165 Å². The smallest absolute Gasteiger partial charge is 0.216 e. The first-order valence-electron chi connectivity index (χ1n) is 9.39. The Morgan fingerprint density at radius 2 is 1.93 bits per heavy atom. The van der Waals surface area contributed by atoms with Crippen LogP contribution in [0.2, 0.25) is 0 Å². The molecule has 2 N–H and O–H groups in total. The van der Waals surface area contributed by atoms with Crippen LogP contribution in [0.25, 0.3) is 10.2 Å². The number of nitrogens with one attached hydrogen (secondary N) is 2. The SMILES string of the molecule is COc1cccc2sc(N[C@H]3CC[C@H](CNS(=O)(=O)C(C)(C)C)CC3)nc12. The number of hydrogen-bond acceptors (Lipinski definition) is 6. The van der Waals surface area contributed by atoms with Crippen LogP contribution in [-0.2, 0) is 10.0 Å². The van der Waals surface area contributed by atoms with Gasteiger partial charge in [0.15, 0.2) is 5.13 Å². The van der Waals surface area contributed by atoms with Crippen molar-refractivity contribution in [3.63, 3.8) is 0 Å². The van der Waals surface area contributed by atoms with Crippen molar-refractivity contribution in [2.45, 2.75) is 57.2 Å². The molecule has 0 amide bonds. The summed E-state index contributed by atoms with van der Waals surface area (Å²) in [6.07, 6.45) is 4.07.